The number of amides is 3. The van der Waals surface area contributed by atoms with Crippen LogP contribution >= 0.6 is 15.9 Å². The number of aliphatic hydroxyl groups excluding tert-OH is 1. The summed E-state index contributed by atoms with van der Waals surface area (Å²) in [6.45, 7) is 11.6. The SMILES string of the molecule is C=CCN(C)C(=O)[C@H]1[C@@H]2OC3(CC2Br)C(C(=O)N(CC=C)c2ccc(OC)cc2)N([C@@H](CO)C(C)C)C(=O)[C@H]13. The zero-order chi connectivity index (χ0) is 28.6. The van der Waals surface area contributed by atoms with Gasteiger partial charge in [-0.15, -0.1) is 13.2 Å². The van der Waals surface area contributed by atoms with Gasteiger partial charge in [0.15, 0.2) is 0 Å². The van der Waals surface area contributed by atoms with Crippen molar-refractivity contribution in [1.29, 1.82) is 0 Å². The molecule has 3 fully saturated rings. The summed E-state index contributed by atoms with van der Waals surface area (Å²) in [6, 6.07) is 5.41. The van der Waals surface area contributed by atoms with Crippen LogP contribution < -0.4 is 9.64 Å². The van der Waals surface area contributed by atoms with Gasteiger partial charge < -0.3 is 29.3 Å². The van der Waals surface area contributed by atoms with Gasteiger partial charge in [-0.25, -0.2) is 0 Å². The number of methoxy groups -OCH3 is 1. The van der Waals surface area contributed by atoms with Gasteiger partial charge in [0.05, 0.1) is 37.7 Å². The largest absolute Gasteiger partial charge is 0.497 e. The molecule has 1 N–H and O–H groups in total. The number of ether oxygens (including phenoxy) is 2. The van der Waals surface area contributed by atoms with Crippen LogP contribution in [0.25, 0.3) is 0 Å². The van der Waals surface area contributed by atoms with Gasteiger partial charge in [-0.05, 0) is 36.6 Å². The summed E-state index contributed by atoms with van der Waals surface area (Å²) in [5.41, 5.74) is -0.615. The second-order valence-corrected chi connectivity index (χ2v) is 12.0. The van der Waals surface area contributed by atoms with Crippen LogP contribution in [0.4, 0.5) is 5.69 Å². The van der Waals surface area contributed by atoms with E-state index in [0.717, 1.165) is 0 Å². The molecule has 0 aliphatic carbocycles. The van der Waals surface area contributed by atoms with E-state index in [1.165, 1.54) is 9.80 Å². The first-order valence-corrected chi connectivity index (χ1v) is 14.2. The Balaban J connectivity index is 1.84. The average Bonchev–Trinajstić information content (AvgIpc) is 3.50. The van der Waals surface area contributed by atoms with Crippen molar-refractivity contribution in [1.82, 2.24) is 9.80 Å². The first-order chi connectivity index (χ1) is 18.6. The van der Waals surface area contributed by atoms with Crippen molar-refractivity contribution in [3.8, 4) is 5.75 Å². The van der Waals surface area contributed by atoms with Crippen LogP contribution in [-0.4, -0.2) is 95.1 Å². The lowest BCUT2D eigenvalue weighted by atomic mass is 9.70. The Bertz CT molecular complexity index is 1130. The van der Waals surface area contributed by atoms with E-state index in [1.54, 1.807) is 55.5 Å². The van der Waals surface area contributed by atoms with Crippen molar-refractivity contribution in [3.05, 3.63) is 49.6 Å². The molecule has 2 bridgehead atoms. The number of rotatable bonds is 11. The lowest BCUT2D eigenvalue weighted by Gasteiger charge is -2.40. The van der Waals surface area contributed by atoms with Crippen LogP contribution in [0.15, 0.2) is 49.6 Å². The average molecular weight is 605 g/mol. The molecule has 3 unspecified atom stereocenters. The molecular formula is C29H38BrN3O6. The Labute approximate surface area is 238 Å². The second kappa shape index (κ2) is 11.4. The van der Waals surface area contributed by atoms with E-state index in [4.69, 9.17) is 9.47 Å². The number of halogens is 1. The molecule has 3 aliphatic rings. The highest BCUT2D eigenvalue weighted by Gasteiger charge is 2.77. The number of carbonyl (C=O) groups is 3. The first kappa shape index (κ1) is 29.3. The van der Waals surface area contributed by atoms with Gasteiger partial charge in [0.25, 0.3) is 5.91 Å². The summed E-state index contributed by atoms with van der Waals surface area (Å²) in [5, 5.41) is 10.4. The van der Waals surface area contributed by atoms with Crippen molar-refractivity contribution < 1.29 is 29.0 Å². The molecule has 9 nitrogen and oxygen atoms in total. The Kier molecular flexibility index (Phi) is 8.58. The number of nitrogens with zero attached hydrogens (tertiary/aromatic N) is 3. The van der Waals surface area contributed by atoms with Gasteiger partial charge in [0.2, 0.25) is 11.8 Å². The van der Waals surface area contributed by atoms with Gasteiger partial charge >= 0.3 is 0 Å². The fourth-order valence-electron chi connectivity index (χ4n) is 6.51. The zero-order valence-corrected chi connectivity index (χ0v) is 24.5. The summed E-state index contributed by atoms with van der Waals surface area (Å²) in [6.07, 6.45) is 3.08. The number of anilines is 1. The lowest BCUT2D eigenvalue weighted by Crippen LogP contribution is -2.60. The van der Waals surface area contributed by atoms with Crippen molar-refractivity contribution >= 4 is 39.3 Å². The van der Waals surface area contributed by atoms with Crippen LogP contribution in [0, 0.1) is 17.8 Å². The van der Waals surface area contributed by atoms with Crippen molar-refractivity contribution in [2.24, 2.45) is 17.8 Å². The molecular weight excluding hydrogens is 566 g/mol. The van der Waals surface area contributed by atoms with E-state index in [1.807, 2.05) is 13.8 Å². The molecule has 212 valence electrons. The minimum atomic E-state index is -1.23. The highest BCUT2D eigenvalue weighted by Crippen LogP contribution is 2.61. The Hall–Kier alpha value is -2.69. The maximum atomic E-state index is 14.6. The zero-order valence-electron chi connectivity index (χ0n) is 23.0. The molecule has 3 saturated heterocycles. The molecule has 7 atom stereocenters. The van der Waals surface area contributed by atoms with Gasteiger partial charge in [0, 0.05) is 30.7 Å². The summed E-state index contributed by atoms with van der Waals surface area (Å²) in [5.74, 6) is -2.01. The van der Waals surface area contributed by atoms with E-state index >= 15 is 0 Å². The number of likely N-dealkylation sites (tertiary alicyclic amines) is 1. The molecule has 3 amide bonds. The van der Waals surface area contributed by atoms with Crippen LogP contribution in [0.3, 0.4) is 0 Å². The van der Waals surface area contributed by atoms with Crippen LogP contribution in [0.2, 0.25) is 0 Å². The van der Waals surface area contributed by atoms with Crippen LogP contribution in [0.1, 0.15) is 20.3 Å². The number of benzene rings is 1. The van der Waals surface area contributed by atoms with Crippen molar-refractivity contribution in [2.75, 3.05) is 38.8 Å². The molecule has 39 heavy (non-hydrogen) atoms. The number of carbonyl (C=O) groups excluding carboxylic acids is 3. The van der Waals surface area contributed by atoms with Gasteiger partial charge in [0.1, 0.15) is 17.4 Å². The van der Waals surface area contributed by atoms with Gasteiger partial charge in [-0.2, -0.15) is 0 Å². The van der Waals surface area contributed by atoms with Crippen LogP contribution in [0.5, 0.6) is 5.75 Å². The molecule has 3 aliphatic heterocycles. The number of aliphatic hydroxyl groups is 1. The minimum absolute atomic E-state index is 0.145. The normalized spacial score (nSPS) is 29.8. The molecule has 3 heterocycles. The van der Waals surface area contributed by atoms with Gasteiger partial charge in [-0.3, -0.25) is 14.4 Å². The maximum absolute atomic E-state index is 14.6. The molecule has 1 spiro atoms. The second-order valence-electron chi connectivity index (χ2n) is 10.8. The molecule has 10 heteroatoms. The summed E-state index contributed by atoms with van der Waals surface area (Å²) < 4.78 is 11.9. The lowest BCUT2D eigenvalue weighted by molar-refractivity contribution is -0.147. The van der Waals surface area contributed by atoms with Crippen molar-refractivity contribution in [3.63, 3.8) is 0 Å². The Morgan fingerprint density at radius 1 is 1.23 bits per heavy atom. The maximum Gasteiger partial charge on any atom is 0.253 e. The summed E-state index contributed by atoms with van der Waals surface area (Å²) >= 11 is 3.70. The topological polar surface area (TPSA) is 99.6 Å². The predicted molar refractivity (Wildman–Crippen MR) is 152 cm³/mol. The molecule has 0 radical (unpaired) electrons. The van der Waals surface area contributed by atoms with E-state index in [-0.39, 0.29) is 41.6 Å². The predicted octanol–water partition coefficient (Wildman–Crippen LogP) is 2.62. The monoisotopic (exact) mass is 603 g/mol. The van der Waals surface area contributed by atoms with E-state index in [0.29, 0.717) is 24.4 Å². The number of hydrogen-bond donors (Lipinski definition) is 1. The number of likely N-dealkylation sites (N-methyl/N-ethyl adjacent to an activating group) is 1. The van der Waals surface area contributed by atoms with E-state index in [9.17, 15) is 19.5 Å². The smallest absolute Gasteiger partial charge is 0.253 e. The molecule has 1 aromatic rings. The number of alkyl halides is 1. The highest BCUT2D eigenvalue weighted by atomic mass is 79.9. The van der Waals surface area contributed by atoms with Crippen LogP contribution in [-0.2, 0) is 19.1 Å². The first-order valence-electron chi connectivity index (χ1n) is 13.2. The fraction of sp³-hybridized carbons (Fsp3) is 0.552. The van der Waals surface area contributed by atoms with Crippen molar-refractivity contribution in [2.45, 2.75) is 48.9 Å². The highest BCUT2D eigenvalue weighted by molar-refractivity contribution is 9.09. The molecule has 4 rings (SSSR count). The third-order valence-electron chi connectivity index (χ3n) is 8.30. The third-order valence-corrected chi connectivity index (χ3v) is 9.15. The quantitative estimate of drug-likeness (QED) is 0.308. The summed E-state index contributed by atoms with van der Waals surface area (Å²) in [7, 11) is 3.24. The number of fused-ring (bicyclic) bond motifs is 1. The van der Waals surface area contributed by atoms with E-state index < -0.39 is 35.6 Å². The van der Waals surface area contributed by atoms with Gasteiger partial charge in [-0.1, -0.05) is 41.9 Å². The molecule has 0 aromatic heterocycles. The fourth-order valence-corrected chi connectivity index (χ4v) is 7.45. The third kappa shape index (κ3) is 4.70. The summed E-state index contributed by atoms with van der Waals surface area (Å²) in [4.78, 5) is 47.0. The minimum Gasteiger partial charge on any atom is -0.497 e. The number of hydrogen-bond acceptors (Lipinski definition) is 6. The standard InChI is InChI=1S/C29H38BrN3O6/c1-7-13-31(5)26(35)22-23-27(36)33(21(16-34)17(3)4)25(29(23)15-20(30)24(22)39-29)28(37)32(14-8-2)18-9-11-19(38-6)12-10-18/h7-12,17,20-25,34H,1-2,13-16H2,3-6H3/t20?,21-,22+,23-,24+,25?,29?/m0/s1. The molecule has 1 aromatic carbocycles. The molecule has 0 saturated carbocycles. The Morgan fingerprint density at radius 3 is 2.41 bits per heavy atom. The van der Waals surface area contributed by atoms with E-state index in [2.05, 4.69) is 29.1 Å². The Morgan fingerprint density at radius 2 is 1.87 bits per heavy atom.